The topological polar surface area (TPSA) is 50.7 Å². The highest BCUT2D eigenvalue weighted by Gasteiger charge is 2.13. The highest BCUT2D eigenvalue weighted by molar-refractivity contribution is 9.10. The summed E-state index contributed by atoms with van der Waals surface area (Å²) in [7, 11) is 3.00. The van der Waals surface area contributed by atoms with Gasteiger partial charge in [-0.05, 0) is 30.2 Å². The van der Waals surface area contributed by atoms with Crippen LogP contribution in [0.1, 0.15) is 11.1 Å². The van der Waals surface area contributed by atoms with Crippen molar-refractivity contribution < 1.29 is 9.63 Å². The van der Waals surface area contributed by atoms with Crippen LogP contribution in [-0.4, -0.2) is 25.8 Å². The summed E-state index contributed by atoms with van der Waals surface area (Å²) in [6, 6.07) is 5.93. The molecule has 0 aliphatic rings. The predicted octanol–water partition coefficient (Wildman–Crippen LogP) is 2.05. The number of oxime groups is 1. The van der Waals surface area contributed by atoms with Crippen LogP contribution in [0.3, 0.4) is 0 Å². The minimum Gasteiger partial charge on any atom is -0.399 e. The fourth-order valence-electron chi connectivity index (χ4n) is 1.42. The summed E-state index contributed by atoms with van der Waals surface area (Å²) in [5.41, 5.74) is 2.51. The first-order valence-corrected chi connectivity index (χ1v) is 5.95. The molecule has 0 aliphatic heterocycles. The van der Waals surface area contributed by atoms with Crippen LogP contribution in [0.5, 0.6) is 0 Å². The van der Waals surface area contributed by atoms with E-state index in [1.54, 1.807) is 7.05 Å². The molecule has 17 heavy (non-hydrogen) atoms. The molecular weight excluding hydrogens is 284 g/mol. The number of halogens is 1. The van der Waals surface area contributed by atoms with E-state index in [0.29, 0.717) is 12.1 Å². The zero-order valence-corrected chi connectivity index (χ0v) is 11.7. The molecule has 1 N–H and O–H groups in total. The smallest absolute Gasteiger partial charge is 0.269 e. The molecular formula is C12H15BrN2O2. The fourth-order valence-corrected chi connectivity index (χ4v) is 1.83. The van der Waals surface area contributed by atoms with Gasteiger partial charge in [0.15, 0.2) is 0 Å². The number of benzene rings is 1. The lowest BCUT2D eigenvalue weighted by Gasteiger charge is -2.08. The van der Waals surface area contributed by atoms with Crippen LogP contribution in [0, 0.1) is 6.92 Å². The van der Waals surface area contributed by atoms with E-state index in [9.17, 15) is 4.79 Å². The molecule has 1 aromatic carbocycles. The maximum absolute atomic E-state index is 11.6. The molecule has 0 unspecified atom stereocenters. The maximum atomic E-state index is 11.6. The Bertz CT molecular complexity index is 444. The summed E-state index contributed by atoms with van der Waals surface area (Å²) in [6.07, 6.45) is 0.443. The number of nitrogens with zero attached hydrogens (tertiary/aromatic N) is 1. The zero-order chi connectivity index (χ0) is 12.8. The Morgan fingerprint density at radius 3 is 2.82 bits per heavy atom. The van der Waals surface area contributed by atoms with Crippen molar-refractivity contribution >= 4 is 27.5 Å². The SMILES string of the molecule is CNC(=O)/C(Cc1cc(Br)ccc1C)=N\OC. The van der Waals surface area contributed by atoms with E-state index in [1.807, 2.05) is 25.1 Å². The fraction of sp³-hybridized carbons (Fsp3) is 0.333. The molecule has 1 aromatic rings. The number of aryl methyl sites for hydroxylation is 1. The molecule has 0 saturated heterocycles. The molecule has 5 heteroatoms. The number of rotatable bonds is 4. The van der Waals surface area contributed by atoms with Gasteiger partial charge in [-0.2, -0.15) is 0 Å². The number of carbonyl (C=O) groups is 1. The second-order valence-electron chi connectivity index (χ2n) is 3.55. The van der Waals surface area contributed by atoms with Gasteiger partial charge in [0.2, 0.25) is 0 Å². The van der Waals surface area contributed by atoms with Gasteiger partial charge in [0.25, 0.3) is 5.91 Å². The first kappa shape index (κ1) is 13.7. The minimum absolute atomic E-state index is 0.230. The van der Waals surface area contributed by atoms with Gasteiger partial charge in [-0.1, -0.05) is 27.2 Å². The lowest BCUT2D eigenvalue weighted by Crippen LogP contribution is -2.29. The van der Waals surface area contributed by atoms with E-state index in [-0.39, 0.29) is 5.91 Å². The minimum atomic E-state index is -0.230. The first-order chi connectivity index (χ1) is 8.08. The van der Waals surface area contributed by atoms with Gasteiger partial charge in [0, 0.05) is 17.9 Å². The summed E-state index contributed by atoms with van der Waals surface area (Å²) in [6.45, 7) is 2.00. The number of nitrogens with one attached hydrogen (secondary N) is 1. The third-order valence-corrected chi connectivity index (χ3v) is 2.85. The first-order valence-electron chi connectivity index (χ1n) is 5.15. The van der Waals surface area contributed by atoms with Crippen LogP contribution in [-0.2, 0) is 16.1 Å². The average Bonchev–Trinajstić information content (AvgIpc) is 2.32. The van der Waals surface area contributed by atoms with Crippen molar-refractivity contribution in [1.29, 1.82) is 0 Å². The molecule has 0 aromatic heterocycles. The summed E-state index contributed by atoms with van der Waals surface area (Å²) in [5.74, 6) is -0.230. The van der Waals surface area contributed by atoms with E-state index in [0.717, 1.165) is 15.6 Å². The van der Waals surface area contributed by atoms with E-state index in [1.165, 1.54) is 7.11 Å². The molecule has 0 spiro atoms. The number of amides is 1. The predicted molar refractivity (Wildman–Crippen MR) is 71.1 cm³/mol. The molecule has 0 fully saturated rings. The summed E-state index contributed by atoms with van der Waals surface area (Å²) < 4.78 is 0.978. The van der Waals surface area contributed by atoms with Crippen molar-refractivity contribution in [2.45, 2.75) is 13.3 Å². The van der Waals surface area contributed by atoms with E-state index < -0.39 is 0 Å². The summed E-state index contributed by atoms with van der Waals surface area (Å²) in [4.78, 5) is 16.3. The van der Waals surface area contributed by atoms with Crippen LogP contribution < -0.4 is 5.32 Å². The van der Waals surface area contributed by atoms with Crippen molar-refractivity contribution in [3.63, 3.8) is 0 Å². The molecule has 0 aliphatic carbocycles. The van der Waals surface area contributed by atoms with Gasteiger partial charge < -0.3 is 10.2 Å². The maximum Gasteiger partial charge on any atom is 0.269 e. The van der Waals surface area contributed by atoms with Crippen molar-refractivity contribution in [3.05, 3.63) is 33.8 Å². The molecule has 1 rings (SSSR count). The van der Waals surface area contributed by atoms with Crippen molar-refractivity contribution in [2.75, 3.05) is 14.2 Å². The molecule has 1 amide bonds. The molecule has 0 bridgehead atoms. The van der Waals surface area contributed by atoms with Gasteiger partial charge in [-0.25, -0.2) is 0 Å². The number of hydrogen-bond donors (Lipinski definition) is 1. The van der Waals surface area contributed by atoms with Gasteiger partial charge in [0.05, 0.1) is 0 Å². The monoisotopic (exact) mass is 298 g/mol. The van der Waals surface area contributed by atoms with Gasteiger partial charge >= 0.3 is 0 Å². The Kier molecular flexibility index (Phi) is 5.15. The molecule has 0 heterocycles. The Balaban J connectivity index is 2.97. The molecule has 0 radical (unpaired) electrons. The Labute approximate surface area is 109 Å². The van der Waals surface area contributed by atoms with Crippen LogP contribution in [0.2, 0.25) is 0 Å². The standard InChI is InChI=1S/C12H15BrN2O2/c1-8-4-5-10(13)6-9(8)7-11(15-17-3)12(16)14-2/h4-6H,7H2,1-3H3,(H,14,16)/b15-11-. The molecule has 0 saturated carbocycles. The van der Waals surface area contributed by atoms with Gasteiger partial charge in [-0.15, -0.1) is 0 Å². The Morgan fingerprint density at radius 1 is 1.53 bits per heavy atom. The normalized spacial score (nSPS) is 11.2. The average molecular weight is 299 g/mol. The second-order valence-corrected chi connectivity index (χ2v) is 4.46. The van der Waals surface area contributed by atoms with Crippen LogP contribution in [0.15, 0.2) is 27.8 Å². The van der Waals surface area contributed by atoms with Crippen molar-refractivity contribution in [2.24, 2.45) is 5.16 Å². The second kappa shape index (κ2) is 6.39. The van der Waals surface area contributed by atoms with Crippen LogP contribution >= 0.6 is 15.9 Å². The summed E-state index contributed by atoms with van der Waals surface area (Å²) in [5, 5.41) is 6.29. The van der Waals surface area contributed by atoms with Gasteiger partial charge in [-0.3, -0.25) is 4.79 Å². The molecule has 4 nitrogen and oxygen atoms in total. The Hall–Kier alpha value is -1.36. The number of hydrogen-bond acceptors (Lipinski definition) is 3. The lowest BCUT2D eigenvalue weighted by molar-refractivity contribution is -0.114. The molecule has 0 atom stereocenters. The van der Waals surface area contributed by atoms with Crippen LogP contribution in [0.25, 0.3) is 0 Å². The third-order valence-electron chi connectivity index (χ3n) is 2.36. The van der Waals surface area contributed by atoms with E-state index >= 15 is 0 Å². The quantitative estimate of drug-likeness (QED) is 0.683. The third kappa shape index (κ3) is 3.85. The summed E-state index contributed by atoms with van der Waals surface area (Å²) >= 11 is 3.41. The zero-order valence-electron chi connectivity index (χ0n) is 10.1. The van der Waals surface area contributed by atoms with Crippen LogP contribution in [0.4, 0.5) is 0 Å². The van der Waals surface area contributed by atoms with Crippen molar-refractivity contribution in [1.82, 2.24) is 5.32 Å². The molecule has 92 valence electrons. The van der Waals surface area contributed by atoms with E-state index in [2.05, 4.69) is 31.2 Å². The van der Waals surface area contributed by atoms with Crippen molar-refractivity contribution in [3.8, 4) is 0 Å². The van der Waals surface area contributed by atoms with Gasteiger partial charge in [0.1, 0.15) is 12.8 Å². The highest BCUT2D eigenvalue weighted by Crippen LogP contribution is 2.17. The largest absolute Gasteiger partial charge is 0.399 e. The van der Waals surface area contributed by atoms with E-state index in [4.69, 9.17) is 0 Å². The highest BCUT2D eigenvalue weighted by atomic mass is 79.9. The lowest BCUT2D eigenvalue weighted by atomic mass is 10.0. The number of carbonyl (C=O) groups excluding carboxylic acids is 1. The Morgan fingerprint density at radius 2 is 2.24 bits per heavy atom.